The van der Waals surface area contributed by atoms with Crippen LogP contribution in [0.2, 0.25) is 0 Å². The molecule has 3 aliphatic rings. The monoisotopic (exact) mass is 347 g/mol. The topological polar surface area (TPSA) is 47.6 Å². The Morgan fingerprint density at radius 1 is 1.12 bits per heavy atom. The number of benzene rings is 1. The van der Waals surface area contributed by atoms with Gasteiger partial charge in [0.05, 0.1) is 12.3 Å². The second-order valence-corrected chi connectivity index (χ2v) is 7.37. The van der Waals surface area contributed by atoms with Crippen molar-refractivity contribution < 1.29 is 19.0 Å². The zero-order valence-corrected chi connectivity index (χ0v) is 15.3. The molecule has 5 nitrogen and oxygen atoms in total. The maximum absolute atomic E-state index is 12.4. The second-order valence-electron chi connectivity index (χ2n) is 7.37. The number of amides is 1. The van der Waals surface area contributed by atoms with Crippen LogP contribution in [0.3, 0.4) is 0 Å². The third kappa shape index (κ3) is 4.88. The zero-order valence-electron chi connectivity index (χ0n) is 15.3. The summed E-state index contributed by atoms with van der Waals surface area (Å²) in [5.41, 5.74) is 0.688. The molecule has 0 atom stereocenters. The lowest BCUT2D eigenvalue weighted by Crippen LogP contribution is -2.59. The molecule has 3 saturated heterocycles. The van der Waals surface area contributed by atoms with Gasteiger partial charge in [0.25, 0.3) is 0 Å². The third-order valence-corrected chi connectivity index (χ3v) is 5.49. The number of piperidine rings is 3. The van der Waals surface area contributed by atoms with Gasteiger partial charge in [0.1, 0.15) is 25.4 Å². The van der Waals surface area contributed by atoms with Gasteiger partial charge in [-0.05, 0) is 24.5 Å². The fraction of sp³-hybridized carbons (Fsp3) is 0.650. The molecule has 0 radical (unpaired) electrons. The molecule has 3 heterocycles. The molecule has 25 heavy (non-hydrogen) atoms. The van der Waals surface area contributed by atoms with Crippen molar-refractivity contribution >= 4 is 11.8 Å². The Morgan fingerprint density at radius 3 is 2.56 bits per heavy atom. The number of hydrogen-bond donors (Lipinski definition) is 1. The smallest absolute Gasteiger partial charge is 0.466 e. The van der Waals surface area contributed by atoms with Gasteiger partial charge < -0.3 is 4.74 Å². The number of hydroxylamine groups is 3. The summed E-state index contributed by atoms with van der Waals surface area (Å²) in [6.45, 7) is 5.73. The highest BCUT2D eigenvalue weighted by Crippen LogP contribution is 2.34. The van der Waals surface area contributed by atoms with Crippen molar-refractivity contribution in [3.63, 3.8) is 0 Å². The molecule has 3 aliphatic heterocycles. The van der Waals surface area contributed by atoms with Crippen LogP contribution in [0.5, 0.6) is 5.75 Å². The SMILES string of the molecule is CCCCCCOc1ccccc1NC(=O)O[N+]12CCC(CC1)CC2. The van der Waals surface area contributed by atoms with Crippen molar-refractivity contribution in [2.24, 2.45) is 5.92 Å². The Balaban J connectivity index is 1.52. The van der Waals surface area contributed by atoms with Crippen molar-refractivity contribution in [3.8, 4) is 5.75 Å². The molecule has 4 rings (SSSR count). The molecule has 0 spiro atoms. The largest absolute Gasteiger partial charge is 0.491 e. The maximum Gasteiger partial charge on any atom is 0.466 e. The van der Waals surface area contributed by atoms with Gasteiger partial charge in [-0.2, -0.15) is 0 Å². The standard InChI is InChI=1S/C20H30N2O3/c1-2-3-4-7-16-24-19-9-6-5-8-18(19)21-20(23)25-22-13-10-17(11-14-22)12-15-22/h5-6,8-9,17H,2-4,7,10-16H2,1H3/p+1. The Hall–Kier alpha value is -1.75. The minimum Gasteiger partial charge on any atom is -0.491 e. The summed E-state index contributed by atoms with van der Waals surface area (Å²) < 4.78 is 6.35. The number of nitrogens with one attached hydrogen (secondary N) is 1. The van der Waals surface area contributed by atoms with Gasteiger partial charge in [0.2, 0.25) is 0 Å². The fourth-order valence-electron chi connectivity index (χ4n) is 3.87. The molecule has 1 aromatic rings. The Kier molecular flexibility index (Phi) is 6.19. The highest BCUT2D eigenvalue weighted by atomic mass is 16.8. The number of fused-ring (bicyclic) bond motifs is 3. The molecule has 1 amide bonds. The number of quaternary nitrogens is 1. The summed E-state index contributed by atoms with van der Waals surface area (Å²) in [7, 11) is 0. The van der Waals surface area contributed by atoms with Crippen LogP contribution in [0.4, 0.5) is 10.5 Å². The van der Waals surface area contributed by atoms with E-state index in [-0.39, 0.29) is 6.09 Å². The van der Waals surface area contributed by atoms with E-state index in [9.17, 15) is 4.79 Å². The summed E-state index contributed by atoms with van der Waals surface area (Å²) in [5.74, 6) is 1.56. The number of anilines is 1. The van der Waals surface area contributed by atoms with E-state index >= 15 is 0 Å². The van der Waals surface area contributed by atoms with E-state index in [1.807, 2.05) is 24.3 Å². The van der Waals surface area contributed by atoms with Gasteiger partial charge in [-0.25, -0.2) is 4.79 Å². The van der Waals surface area contributed by atoms with Gasteiger partial charge in [0.15, 0.2) is 0 Å². The number of rotatable bonds is 8. The van der Waals surface area contributed by atoms with Gasteiger partial charge in [0, 0.05) is 19.3 Å². The van der Waals surface area contributed by atoms with E-state index in [4.69, 9.17) is 9.57 Å². The van der Waals surface area contributed by atoms with E-state index in [0.29, 0.717) is 22.7 Å². The molecular formula is C20H31N2O3+. The van der Waals surface area contributed by atoms with E-state index in [1.165, 1.54) is 38.5 Å². The Labute approximate surface area is 150 Å². The first-order valence-electron chi connectivity index (χ1n) is 9.79. The molecule has 1 aromatic carbocycles. The number of nitrogens with zero attached hydrogens (tertiary/aromatic N) is 1. The third-order valence-electron chi connectivity index (χ3n) is 5.49. The Bertz CT molecular complexity index is 554. The highest BCUT2D eigenvalue weighted by Gasteiger charge is 2.44. The lowest BCUT2D eigenvalue weighted by atomic mass is 9.88. The average Bonchev–Trinajstić information content (AvgIpc) is 2.64. The Morgan fingerprint density at radius 2 is 1.84 bits per heavy atom. The fourth-order valence-corrected chi connectivity index (χ4v) is 3.87. The molecule has 138 valence electrons. The van der Waals surface area contributed by atoms with Crippen molar-refractivity contribution in [2.45, 2.75) is 51.9 Å². The minimum atomic E-state index is -0.373. The van der Waals surface area contributed by atoms with E-state index in [1.54, 1.807) is 0 Å². The minimum absolute atomic E-state index is 0.373. The first-order valence-corrected chi connectivity index (χ1v) is 9.79. The van der Waals surface area contributed by atoms with Crippen LogP contribution in [0.25, 0.3) is 0 Å². The lowest BCUT2D eigenvalue weighted by molar-refractivity contribution is -1.10. The van der Waals surface area contributed by atoms with Crippen molar-refractivity contribution in [1.29, 1.82) is 0 Å². The van der Waals surface area contributed by atoms with Crippen molar-refractivity contribution in [1.82, 2.24) is 0 Å². The van der Waals surface area contributed by atoms with Crippen LogP contribution in [0.15, 0.2) is 24.3 Å². The molecule has 0 aromatic heterocycles. The van der Waals surface area contributed by atoms with Crippen LogP contribution in [-0.2, 0) is 4.84 Å². The number of carbonyl (C=O) groups is 1. The van der Waals surface area contributed by atoms with E-state index < -0.39 is 0 Å². The highest BCUT2D eigenvalue weighted by molar-refractivity contribution is 5.86. The van der Waals surface area contributed by atoms with Crippen LogP contribution in [0, 0.1) is 5.92 Å². The summed E-state index contributed by atoms with van der Waals surface area (Å²) >= 11 is 0. The summed E-state index contributed by atoms with van der Waals surface area (Å²) in [6.07, 6.45) is 7.80. The molecular weight excluding hydrogens is 316 g/mol. The van der Waals surface area contributed by atoms with Gasteiger partial charge in [-0.1, -0.05) is 38.3 Å². The average molecular weight is 347 g/mol. The van der Waals surface area contributed by atoms with Crippen LogP contribution in [-0.4, -0.2) is 37.0 Å². The van der Waals surface area contributed by atoms with Crippen LogP contribution in [0.1, 0.15) is 51.9 Å². The summed E-state index contributed by atoms with van der Waals surface area (Å²) in [4.78, 5) is 18.2. The van der Waals surface area contributed by atoms with Gasteiger partial charge >= 0.3 is 6.09 Å². The molecule has 5 heteroatoms. The predicted octanol–water partition coefficient (Wildman–Crippen LogP) is 4.74. The van der Waals surface area contributed by atoms with Gasteiger partial charge in [-0.3, -0.25) is 10.2 Å². The van der Waals surface area contributed by atoms with Crippen LogP contribution < -0.4 is 10.1 Å². The number of ether oxygens (including phenoxy) is 1. The molecule has 2 bridgehead atoms. The molecule has 3 fully saturated rings. The van der Waals surface area contributed by atoms with Gasteiger partial charge in [-0.15, -0.1) is 4.65 Å². The molecule has 0 saturated carbocycles. The number of para-hydroxylation sites is 2. The van der Waals surface area contributed by atoms with E-state index in [2.05, 4.69) is 12.2 Å². The molecule has 0 unspecified atom stereocenters. The zero-order chi connectivity index (χ0) is 17.5. The predicted molar refractivity (Wildman–Crippen MR) is 98.4 cm³/mol. The summed E-state index contributed by atoms with van der Waals surface area (Å²) in [5, 5.41) is 2.88. The number of unbranched alkanes of at least 4 members (excludes halogenated alkanes) is 3. The molecule has 0 aliphatic carbocycles. The van der Waals surface area contributed by atoms with Crippen molar-refractivity contribution in [3.05, 3.63) is 24.3 Å². The molecule has 1 N–H and O–H groups in total. The first kappa shape index (κ1) is 18.1. The van der Waals surface area contributed by atoms with Crippen molar-refractivity contribution in [2.75, 3.05) is 31.6 Å². The number of carbonyl (C=O) groups excluding carboxylic acids is 1. The number of hydrogen-bond acceptors (Lipinski definition) is 3. The lowest BCUT2D eigenvalue weighted by Gasteiger charge is -2.44. The van der Waals surface area contributed by atoms with E-state index in [0.717, 1.165) is 32.0 Å². The maximum atomic E-state index is 12.4. The quantitative estimate of drug-likeness (QED) is 0.546. The summed E-state index contributed by atoms with van der Waals surface area (Å²) in [6, 6.07) is 7.59. The normalized spacial score (nSPS) is 24.8. The first-order chi connectivity index (χ1) is 12.2. The van der Waals surface area contributed by atoms with Crippen LogP contribution >= 0.6 is 0 Å². The second kappa shape index (κ2) is 8.56.